The molecule has 3 rings (SSSR count). The number of aromatic nitrogens is 1. The summed E-state index contributed by atoms with van der Waals surface area (Å²) in [5.74, 6) is -1.08. The molecule has 12 heteroatoms. The van der Waals surface area contributed by atoms with Crippen LogP contribution in [0.1, 0.15) is 28.6 Å². The number of ether oxygens (including phenoxy) is 2. The molecular weight excluding hydrogens is 409 g/mol. The van der Waals surface area contributed by atoms with Crippen LogP contribution in [0, 0.1) is 0 Å². The molecule has 1 atom stereocenters. The van der Waals surface area contributed by atoms with Crippen molar-refractivity contribution in [2.24, 2.45) is 10.9 Å². The monoisotopic (exact) mass is 424 g/mol. The van der Waals surface area contributed by atoms with Crippen LogP contribution in [0.3, 0.4) is 0 Å². The molecule has 1 aromatic heterocycles. The molecule has 1 aliphatic rings. The third kappa shape index (κ3) is 5.83. The van der Waals surface area contributed by atoms with Crippen molar-refractivity contribution < 1.29 is 37.1 Å². The van der Waals surface area contributed by atoms with Crippen molar-refractivity contribution in [1.82, 2.24) is 10.3 Å². The molecule has 3 N–H and O–H groups in total. The van der Waals surface area contributed by atoms with Crippen LogP contribution in [-0.4, -0.2) is 35.6 Å². The Balaban J connectivity index is 1.53. The van der Waals surface area contributed by atoms with Crippen LogP contribution < -0.4 is 20.5 Å². The number of alkyl halides is 3. The van der Waals surface area contributed by atoms with Gasteiger partial charge in [-0.25, -0.2) is 4.98 Å². The van der Waals surface area contributed by atoms with Gasteiger partial charge in [-0.2, -0.15) is 0 Å². The number of carbonyl (C=O) groups excluding carboxylic acids is 2. The Morgan fingerprint density at radius 2 is 1.87 bits per heavy atom. The molecule has 9 nitrogen and oxygen atoms in total. The van der Waals surface area contributed by atoms with E-state index >= 15 is 0 Å². The van der Waals surface area contributed by atoms with Crippen molar-refractivity contribution >= 4 is 17.7 Å². The second-order valence-corrected chi connectivity index (χ2v) is 6.03. The molecule has 30 heavy (non-hydrogen) atoms. The number of nitrogens with zero attached hydrogens (tertiary/aromatic N) is 2. The van der Waals surface area contributed by atoms with E-state index in [0.29, 0.717) is 11.3 Å². The first-order valence-electron chi connectivity index (χ1n) is 8.48. The third-order valence-electron chi connectivity index (χ3n) is 3.76. The van der Waals surface area contributed by atoms with Crippen molar-refractivity contribution in [3.8, 4) is 11.5 Å². The van der Waals surface area contributed by atoms with E-state index < -0.39 is 24.3 Å². The Morgan fingerprint density at radius 1 is 1.17 bits per heavy atom. The molecule has 2 amide bonds. The first-order valence-corrected chi connectivity index (χ1v) is 8.48. The number of nitrogens with one attached hydrogen (secondary N) is 1. The van der Waals surface area contributed by atoms with Gasteiger partial charge in [-0.1, -0.05) is 17.3 Å². The maximum absolute atomic E-state index is 12.2. The number of carbonyl (C=O) groups is 2. The fraction of sp³-hybridized carbons (Fsp3) is 0.222. The van der Waals surface area contributed by atoms with Crippen LogP contribution in [0.4, 0.5) is 13.2 Å². The van der Waals surface area contributed by atoms with E-state index in [1.165, 1.54) is 42.6 Å². The van der Waals surface area contributed by atoms with Gasteiger partial charge in [-0.3, -0.25) is 9.59 Å². The maximum atomic E-state index is 12.2. The summed E-state index contributed by atoms with van der Waals surface area (Å²) in [5, 5.41) is 6.10. The van der Waals surface area contributed by atoms with Gasteiger partial charge in [0.15, 0.2) is 6.10 Å². The Morgan fingerprint density at radius 3 is 2.47 bits per heavy atom. The van der Waals surface area contributed by atoms with Gasteiger partial charge in [-0.05, 0) is 29.8 Å². The molecule has 0 bridgehead atoms. The number of hydrogen-bond donors (Lipinski definition) is 2. The van der Waals surface area contributed by atoms with Gasteiger partial charge in [0.2, 0.25) is 11.8 Å². The van der Waals surface area contributed by atoms with Crippen molar-refractivity contribution in [3.05, 3.63) is 53.9 Å². The average Bonchev–Trinajstić information content (AvgIpc) is 3.14. The lowest BCUT2D eigenvalue weighted by Gasteiger charge is -2.11. The molecule has 2 aromatic rings. The lowest BCUT2D eigenvalue weighted by atomic mass is 10.1. The summed E-state index contributed by atoms with van der Waals surface area (Å²) in [7, 11) is 0. The highest BCUT2D eigenvalue weighted by Crippen LogP contribution is 2.30. The van der Waals surface area contributed by atoms with Gasteiger partial charge < -0.3 is 25.4 Å². The van der Waals surface area contributed by atoms with Gasteiger partial charge in [0.25, 0.3) is 5.91 Å². The van der Waals surface area contributed by atoms with Crippen LogP contribution in [0.5, 0.6) is 11.5 Å². The minimum atomic E-state index is -4.76. The van der Waals surface area contributed by atoms with Crippen LogP contribution >= 0.6 is 0 Å². The first kappa shape index (κ1) is 20.9. The highest BCUT2D eigenvalue weighted by Gasteiger charge is 2.31. The molecule has 0 spiro atoms. The highest BCUT2D eigenvalue weighted by molar-refractivity contribution is 5.94. The van der Waals surface area contributed by atoms with E-state index in [9.17, 15) is 22.8 Å². The second-order valence-electron chi connectivity index (χ2n) is 6.03. The number of hydrogen-bond acceptors (Lipinski definition) is 7. The summed E-state index contributed by atoms with van der Waals surface area (Å²) in [6, 6.07) is 8.09. The molecule has 1 aromatic carbocycles. The molecular formula is C18H15F3N4O5. The zero-order valence-corrected chi connectivity index (χ0v) is 15.2. The van der Waals surface area contributed by atoms with E-state index in [1.54, 1.807) is 0 Å². The highest BCUT2D eigenvalue weighted by atomic mass is 19.4. The zero-order chi connectivity index (χ0) is 21.7. The first-order chi connectivity index (χ1) is 14.2. The van der Waals surface area contributed by atoms with Crippen molar-refractivity contribution in [1.29, 1.82) is 0 Å². The molecule has 0 unspecified atom stereocenters. The average molecular weight is 424 g/mol. The maximum Gasteiger partial charge on any atom is 0.573 e. The number of rotatable bonds is 6. The summed E-state index contributed by atoms with van der Waals surface area (Å²) < 4.78 is 46.0. The van der Waals surface area contributed by atoms with Gasteiger partial charge in [0, 0.05) is 0 Å². The minimum absolute atomic E-state index is 0.0623. The predicted octanol–water partition coefficient (Wildman–Crippen LogP) is 2.05. The Bertz CT molecular complexity index is 946. The lowest BCUT2D eigenvalue weighted by Crippen LogP contribution is -2.33. The summed E-state index contributed by atoms with van der Waals surface area (Å²) in [6.07, 6.45) is -3.77. The smallest absolute Gasteiger partial charge is 0.438 e. The van der Waals surface area contributed by atoms with E-state index in [0.717, 1.165) is 0 Å². The number of amides is 2. The SMILES string of the molecule is NC(=O)CNC(=O)c1ccc(OC2=NO[C@H](c3ccc(OC(F)(F)F)cc3)C2)cn1. The largest absolute Gasteiger partial charge is 0.573 e. The molecule has 0 radical (unpaired) electrons. The van der Waals surface area contributed by atoms with Crippen molar-refractivity contribution in [2.75, 3.05) is 6.54 Å². The van der Waals surface area contributed by atoms with Gasteiger partial charge >= 0.3 is 6.36 Å². The number of primary amides is 1. The number of benzene rings is 1. The standard InChI is InChI=1S/C18H15F3N4O5/c19-18(20,21)29-11-3-1-10(2-4-11)14-7-16(25-30-14)28-12-5-6-13(23-8-12)17(27)24-9-15(22)26/h1-6,8,14H,7,9H2,(H2,22,26)(H,24,27)/t14-/m0/s1. The summed E-state index contributed by atoms with van der Waals surface area (Å²) in [4.78, 5) is 31.6. The summed E-state index contributed by atoms with van der Waals surface area (Å²) >= 11 is 0. The van der Waals surface area contributed by atoms with Crippen LogP contribution in [0.2, 0.25) is 0 Å². The quantitative estimate of drug-likeness (QED) is 0.731. The summed E-state index contributed by atoms with van der Waals surface area (Å²) in [6.45, 7) is -0.308. The van der Waals surface area contributed by atoms with Gasteiger partial charge in [-0.15, -0.1) is 13.2 Å². The minimum Gasteiger partial charge on any atom is -0.438 e. The number of pyridine rings is 1. The Labute approximate surface area is 167 Å². The van der Waals surface area contributed by atoms with Gasteiger partial charge in [0.05, 0.1) is 19.2 Å². The van der Waals surface area contributed by atoms with Gasteiger partial charge in [0.1, 0.15) is 17.2 Å². The zero-order valence-electron chi connectivity index (χ0n) is 15.2. The molecule has 0 saturated heterocycles. The Kier molecular flexibility index (Phi) is 6.04. The van der Waals surface area contributed by atoms with Crippen LogP contribution in [0.25, 0.3) is 0 Å². The predicted molar refractivity (Wildman–Crippen MR) is 95.4 cm³/mol. The van der Waals surface area contributed by atoms with Crippen molar-refractivity contribution in [2.45, 2.75) is 18.9 Å². The Hall–Kier alpha value is -3.83. The van der Waals surface area contributed by atoms with E-state index in [-0.39, 0.29) is 30.3 Å². The summed E-state index contributed by atoms with van der Waals surface area (Å²) in [5.41, 5.74) is 5.60. The second kappa shape index (κ2) is 8.68. The normalized spacial score (nSPS) is 15.7. The molecule has 158 valence electrons. The number of nitrogens with two attached hydrogens (primary N) is 1. The van der Waals surface area contributed by atoms with E-state index in [4.69, 9.17) is 15.3 Å². The topological polar surface area (TPSA) is 125 Å². The van der Waals surface area contributed by atoms with Crippen LogP contribution in [-0.2, 0) is 9.63 Å². The molecule has 0 aliphatic carbocycles. The van der Waals surface area contributed by atoms with Crippen molar-refractivity contribution in [3.63, 3.8) is 0 Å². The number of oxime groups is 1. The molecule has 1 aliphatic heterocycles. The van der Waals surface area contributed by atoms with Crippen LogP contribution in [0.15, 0.2) is 47.8 Å². The van der Waals surface area contributed by atoms with E-state index in [1.807, 2.05) is 0 Å². The molecule has 2 heterocycles. The lowest BCUT2D eigenvalue weighted by molar-refractivity contribution is -0.274. The fourth-order valence-electron chi connectivity index (χ4n) is 2.45. The van der Waals surface area contributed by atoms with E-state index in [2.05, 4.69) is 20.2 Å². The molecule has 0 fully saturated rings. The number of halogens is 3. The fourth-order valence-corrected chi connectivity index (χ4v) is 2.45. The third-order valence-corrected chi connectivity index (χ3v) is 3.76. The molecule has 0 saturated carbocycles.